The molecule has 1 saturated heterocycles. The maximum atomic E-state index is 11.9. The van der Waals surface area contributed by atoms with Crippen molar-refractivity contribution in [3.63, 3.8) is 0 Å². The zero-order chi connectivity index (χ0) is 10.8. The Balaban J connectivity index is 2.07. The maximum Gasteiger partial charge on any atom is 0.289 e. The number of aryl methyl sites for hydroxylation is 1. The van der Waals surface area contributed by atoms with Crippen LogP contribution < -0.4 is 0 Å². The van der Waals surface area contributed by atoms with Gasteiger partial charge in [-0.25, -0.2) is 0 Å². The summed E-state index contributed by atoms with van der Waals surface area (Å²) in [7, 11) is 0. The van der Waals surface area contributed by atoms with Crippen LogP contribution in [0.1, 0.15) is 29.2 Å². The summed E-state index contributed by atoms with van der Waals surface area (Å²) >= 11 is 6.02. The lowest BCUT2D eigenvalue weighted by molar-refractivity contribution is 0.0693. The Hall–Kier alpha value is -0.960. The first-order valence-corrected chi connectivity index (χ1v) is 5.60. The minimum atomic E-state index is -0.0477. The van der Waals surface area contributed by atoms with Gasteiger partial charge in [-0.2, -0.15) is 0 Å². The molecule has 3 nitrogen and oxygen atoms in total. The van der Waals surface area contributed by atoms with E-state index in [0.717, 1.165) is 25.1 Å². The molecule has 1 fully saturated rings. The number of alkyl halides is 1. The summed E-state index contributed by atoms with van der Waals surface area (Å²) < 4.78 is 5.30. The van der Waals surface area contributed by atoms with Gasteiger partial charge in [0.15, 0.2) is 5.76 Å². The topological polar surface area (TPSA) is 33.5 Å². The summed E-state index contributed by atoms with van der Waals surface area (Å²) in [6.45, 7) is 3.24. The van der Waals surface area contributed by atoms with Crippen molar-refractivity contribution in [3.8, 4) is 0 Å². The van der Waals surface area contributed by atoms with E-state index < -0.39 is 0 Å². The van der Waals surface area contributed by atoms with Crippen LogP contribution in [0.2, 0.25) is 0 Å². The number of likely N-dealkylation sites (tertiary alicyclic amines) is 1. The van der Waals surface area contributed by atoms with E-state index in [1.807, 2.05) is 6.92 Å². The molecule has 0 aliphatic carbocycles. The van der Waals surface area contributed by atoms with Crippen LogP contribution in [-0.2, 0) is 0 Å². The molecule has 1 aliphatic rings. The zero-order valence-corrected chi connectivity index (χ0v) is 9.46. The predicted octanol–water partition coefficient (Wildman–Crippen LogP) is 2.43. The molecule has 0 spiro atoms. The molecule has 2 heterocycles. The summed E-state index contributed by atoms with van der Waals surface area (Å²) in [6, 6.07) is 3.52. The number of hydrogen-bond acceptors (Lipinski definition) is 2. The smallest absolute Gasteiger partial charge is 0.289 e. The molecule has 0 aromatic carbocycles. The van der Waals surface area contributed by atoms with Crippen molar-refractivity contribution in [2.24, 2.45) is 0 Å². The summed E-state index contributed by atoms with van der Waals surface area (Å²) in [5, 5.41) is 0.0822. The molecule has 1 atom stereocenters. The van der Waals surface area contributed by atoms with Crippen molar-refractivity contribution in [2.45, 2.75) is 25.1 Å². The van der Waals surface area contributed by atoms with Gasteiger partial charge in [-0.3, -0.25) is 4.79 Å². The van der Waals surface area contributed by atoms with Crippen molar-refractivity contribution >= 4 is 17.5 Å². The van der Waals surface area contributed by atoms with Crippen LogP contribution in [0.3, 0.4) is 0 Å². The molecule has 1 aromatic heterocycles. The van der Waals surface area contributed by atoms with Crippen LogP contribution in [0, 0.1) is 6.92 Å². The molecule has 1 unspecified atom stereocenters. The Labute approximate surface area is 94.0 Å². The van der Waals surface area contributed by atoms with Crippen LogP contribution in [-0.4, -0.2) is 29.3 Å². The monoisotopic (exact) mass is 227 g/mol. The van der Waals surface area contributed by atoms with Crippen molar-refractivity contribution < 1.29 is 9.21 Å². The molecule has 15 heavy (non-hydrogen) atoms. The molecule has 0 bridgehead atoms. The minimum absolute atomic E-state index is 0.0477. The Morgan fingerprint density at radius 2 is 2.40 bits per heavy atom. The summed E-state index contributed by atoms with van der Waals surface area (Å²) in [5.74, 6) is 1.13. The highest BCUT2D eigenvalue weighted by molar-refractivity contribution is 6.21. The lowest BCUT2D eigenvalue weighted by Crippen LogP contribution is -2.40. The second kappa shape index (κ2) is 4.27. The first-order chi connectivity index (χ1) is 7.16. The first-order valence-electron chi connectivity index (χ1n) is 5.16. The fourth-order valence-corrected chi connectivity index (χ4v) is 2.14. The van der Waals surface area contributed by atoms with Gasteiger partial charge in [0, 0.05) is 13.1 Å². The van der Waals surface area contributed by atoms with Crippen molar-refractivity contribution in [3.05, 3.63) is 23.7 Å². The van der Waals surface area contributed by atoms with Crippen molar-refractivity contribution in [2.75, 3.05) is 13.1 Å². The average Bonchev–Trinajstić information content (AvgIpc) is 2.64. The van der Waals surface area contributed by atoms with Crippen molar-refractivity contribution in [1.29, 1.82) is 0 Å². The first kappa shape index (κ1) is 10.6. The van der Waals surface area contributed by atoms with E-state index in [2.05, 4.69) is 0 Å². The second-order valence-corrected chi connectivity index (χ2v) is 4.52. The third-order valence-corrected chi connectivity index (χ3v) is 2.96. The Kier molecular flexibility index (Phi) is 3.00. The lowest BCUT2D eigenvalue weighted by atomic mass is 10.1. The number of piperidine rings is 1. The molecule has 1 aromatic rings. The van der Waals surface area contributed by atoms with Gasteiger partial charge in [0.2, 0.25) is 0 Å². The summed E-state index contributed by atoms with van der Waals surface area (Å²) in [5.41, 5.74) is 0. The number of furan rings is 1. The molecule has 1 aliphatic heterocycles. The zero-order valence-electron chi connectivity index (χ0n) is 8.70. The van der Waals surface area contributed by atoms with Crippen LogP contribution in [0.15, 0.2) is 16.5 Å². The normalized spacial score (nSPS) is 21.7. The summed E-state index contributed by atoms with van der Waals surface area (Å²) in [4.78, 5) is 13.7. The van der Waals surface area contributed by atoms with Gasteiger partial charge < -0.3 is 9.32 Å². The number of carbonyl (C=O) groups excluding carboxylic acids is 1. The Morgan fingerprint density at radius 1 is 1.60 bits per heavy atom. The fraction of sp³-hybridized carbons (Fsp3) is 0.545. The molecule has 82 valence electrons. The molecule has 0 saturated carbocycles. The lowest BCUT2D eigenvalue weighted by Gasteiger charge is -2.28. The molecular formula is C11H14ClNO2. The number of amides is 1. The highest BCUT2D eigenvalue weighted by Gasteiger charge is 2.24. The van der Waals surface area contributed by atoms with Gasteiger partial charge in [0.1, 0.15) is 5.76 Å². The molecule has 0 N–H and O–H groups in total. The highest BCUT2D eigenvalue weighted by atomic mass is 35.5. The Morgan fingerprint density at radius 3 is 3.00 bits per heavy atom. The van der Waals surface area contributed by atoms with E-state index in [1.54, 1.807) is 17.0 Å². The number of hydrogen-bond donors (Lipinski definition) is 0. The van der Waals surface area contributed by atoms with Gasteiger partial charge in [-0.15, -0.1) is 11.6 Å². The van der Waals surface area contributed by atoms with Gasteiger partial charge in [0.05, 0.1) is 5.38 Å². The van der Waals surface area contributed by atoms with Gasteiger partial charge in [-0.1, -0.05) is 0 Å². The maximum absolute atomic E-state index is 11.9. The van der Waals surface area contributed by atoms with Crippen molar-refractivity contribution in [1.82, 2.24) is 4.90 Å². The van der Waals surface area contributed by atoms with Gasteiger partial charge in [-0.05, 0) is 31.9 Å². The summed E-state index contributed by atoms with van der Waals surface area (Å²) in [6.07, 6.45) is 1.96. The van der Waals surface area contributed by atoms with E-state index in [9.17, 15) is 4.79 Å². The number of halogens is 1. The molecular weight excluding hydrogens is 214 g/mol. The van der Waals surface area contributed by atoms with Crippen LogP contribution in [0.25, 0.3) is 0 Å². The molecule has 4 heteroatoms. The number of carbonyl (C=O) groups is 1. The predicted molar refractivity (Wildman–Crippen MR) is 58.2 cm³/mol. The minimum Gasteiger partial charge on any atom is -0.456 e. The third-order valence-electron chi connectivity index (χ3n) is 2.60. The van der Waals surface area contributed by atoms with E-state index in [-0.39, 0.29) is 11.3 Å². The quantitative estimate of drug-likeness (QED) is 0.691. The van der Waals surface area contributed by atoms with Crippen LogP contribution in [0.5, 0.6) is 0 Å². The van der Waals surface area contributed by atoms with Crippen LogP contribution >= 0.6 is 11.6 Å². The Bertz CT molecular complexity index is 361. The van der Waals surface area contributed by atoms with E-state index in [0.29, 0.717) is 12.3 Å². The SMILES string of the molecule is Cc1ccc(C(=O)N2CCCC(Cl)C2)o1. The highest BCUT2D eigenvalue weighted by Crippen LogP contribution is 2.18. The second-order valence-electron chi connectivity index (χ2n) is 3.90. The van der Waals surface area contributed by atoms with Crippen LogP contribution in [0.4, 0.5) is 0 Å². The molecule has 2 rings (SSSR count). The number of rotatable bonds is 1. The molecule has 0 radical (unpaired) electrons. The van der Waals surface area contributed by atoms with E-state index >= 15 is 0 Å². The number of nitrogens with zero attached hydrogens (tertiary/aromatic N) is 1. The largest absolute Gasteiger partial charge is 0.456 e. The third kappa shape index (κ3) is 2.34. The van der Waals surface area contributed by atoms with Gasteiger partial charge >= 0.3 is 0 Å². The average molecular weight is 228 g/mol. The fourth-order valence-electron chi connectivity index (χ4n) is 1.82. The molecule has 1 amide bonds. The van der Waals surface area contributed by atoms with Gasteiger partial charge in [0.25, 0.3) is 5.91 Å². The van der Waals surface area contributed by atoms with E-state index in [4.69, 9.17) is 16.0 Å². The standard InChI is InChI=1S/C11H14ClNO2/c1-8-4-5-10(15-8)11(14)13-6-2-3-9(12)7-13/h4-5,9H,2-3,6-7H2,1H3. The van der Waals surface area contributed by atoms with E-state index in [1.165, 1.54) is 0 Å².